The maximum atomic E-state index is 5.78. The van der Waals surface area contributed by atoms with Gasteiger partial charge in [0.15, 0.2) is 5.95 Å². The van der Waals surface area contributed by atoms with E-state index in [9.17, 15) is 0 Å². The summed E-state index contributed by atoms with van der Waals surface area (Å²) in [7, 11) is 0. The first-order valence-corrected chi connectivity index (χ1v) is 4.65. The van der Waals surface area contributed by atoms with Crippen LogP contribution in [-0.4, -0.2) is 9.97 Å². The van der Waals surface area contributed by atoms with Crippen LogP contribution in [0.1, 0.15) is 11.3 Å². The molecule has 0 saturated carbocycles. The molecule has 0 unspecified atom stereocenters. The SMILES string of the molecule is Nc1ncc(Cc2ccc(Cl)cc2)[nH]1. The van der Waals surface area contributed by atoms with E-state index < -0.39 is 0 Å². The van der Waals surface area contributed by atoms with Crippen LogP contribution >= 0.6 is 11.6 Å². The molecule has 0 fully saturated rings. The number of nitrogen functional groups attached to an aromatic ring is 1. The number of nitrogens with zero attached hydrogens (tertiary/aromatic N) is 1. The summed E-state index contributed by atoms with van der Waals surface area (Å²) in [5, 5.41) is 0.748. The van der Waals surface area contributed by atoms with E-state index in [1.807, 2.05) is 24.3 Å². The Labute approximate surface area is 86.9 Å². The average molecular weight is 208 g/mol. The summed E-state index contributed by atoms with van der Waals surface area (Å²) in [5.74, 6) is 0.453. The fourth-order valence-electron chi connectivity index (χ4n) is 1.29. The topological polar surface area (TPSA) is 54.7 Å². The number of aromatic nitrogens is 2. The zero-order valence-corrected chi connectivity index (χ0v) is 8.25. The Balaban J connectivity index is 2.15. The molecule has 0 amide bonds. The number of halogens is 1. The molecule has 0 aliphatic carbocycles. The van der Waals surface area contributed by atoms with E-state index in [1.165, 1.54) is 5.56 Å². The van der Waals surface area contributed by atoms with E-state index in [1.54, 1.807) is 6.20 Å². The van der Waals surface area contributed by atoms with Crippen LogP contribution in [0.5, 0.6) is 0 Å². The highest BCUT2D eigenvalue weighted by molar-refractivity contribution is 6.30. The summed E-state index contributed by atoms with van der Waals surface area (Å²) in [6.45, 7) is 0. The van der Waals surface area contributed by atoms with Crippen molar-refractivity contribution in [2.75, 3.05) is 5.73 Å². The fourth-order valence-corrected chi connectivity index (χ4v) is 1.41. The van der Waals surface area contributed by atoms with Crippen molar-refractivity contribution in [3.05, 3.63) is 46.7 Å². The van der Waals surface area contributed by atoms with Gasteiger partial charge in [-0.1, -0.05) is 23.7 Å². The Morgan fingerprint density at radius 2 is 2.00 bits per heavy atom. The minimum absolute atomic E-state index is 0.453. The second-order valence-corrected chi connectivity index (χ2v) is 3.53. The number of hydrogen-bond acceptors (Lipinski definition) is 2. The molecule has 2 rings (SSSR count). The second-order valence-electron chi connectivity index (χ2n) is 3.10. The van der Waals surface area contributed by atoms with Gasteiger partial charge in [-0.25, -0.2) is 4.98 Å². The van der Waals surface area contributed by atoms with Crippen molar-refractivity contribution >= 4 is 17.5 Å². The number of nitrogens with two attached hydrogens (primary N) is 1. The van der Waals surface area contributed by atoms with E-state index >= 15 is 0 Å². The van der Waals surface area contributed by atoms with Crippen LogP contribution in [0.25, 0.3) is 0 Å². The molecule has 1 aromatic carbocycles. The average Bonchev–Trinajstić information content (AvgIpc) is 2.56. The van der Waals surface area contributed by atoms with Gasteiger partial charge in [0.25, 0.3) is 0 Å². The Kier molecular flexibility index (Phi) is 2.41. The third-order valence-electron chi connectivity index (χ3n) is 1.96. The smallest absolute Gasteiger partial charge is 0.197 e. The molecule has 3 nitrogen and oxygen atoms in total. The van der Waals surface area contributed by atoms with E-state index in [0.717, 1.165) is 17.1 Å². The first-order chi connectivity index (χ1) is 6.74. The molecule has 14 heavy (non-hydrogen) atoms. The van der Waals surface area contributed by atoms with Crippen LogP contribution in [0.2, 0.25) is 5.02 Å². The van der Waals surface area contributed by atoms with E-state index in [0.29, 0.717) is 5.95 Å². The number of H-pyrrole nitrogens is 1. The van der Waals surface area contributed by atoms with Crippen LogP contribution in [0.4, 0.5) is 5.95 Å². The zero-order valence-electron chi connectivity index (χ0n) is 7.50. The lowest BCUT2D eigenvalue weighted by Crippen LogP contribution is -1.89. The summed E-state index contributed by atoms with van der Waals surface area (Å²) < 4.78 is 0. The van der Waals surface area contributed by atoms with Gasteiger partial charge < -0.3 is 10.7 Å². The summed E-state index contributed by atoms with van der Waals surface area (Å²) in [6.07, 6.45) is 2.53. The predicted octanol–water partition coefficient (Wildman–Crippen LogP) is 2.24. The molecule has 0 aliphatic heterocycles. The van der Waals surface area contributed by atoms with Crippen LogP contribution in [-0.2, 0) is 6.42 Å². The van der Waals surface area contributed by atoms with Gasteiger partial charge >= 0.3 is 0 Å². The minimum atomic E-state index is 0.453. The second kappa shape index (κ2) is 3.72. The fraction of sp³-hybridized carbons (Fsp3) is 0.100. The quantitative estimate of drug-likeness (QED) is 0.794. The van der Waals surface area contributed by atoms with E-state index in [4.69, 9.17) is 17.3 Å². The zero-order chi connectivity index (χ0) is 9.97. The minimum Gasteiger partial charge on any atom is -0.369 e. The number of benzene rings is 1. The van der Waals surface area contributed by atoms with Gasteiger partial charge in [0, 0.05) is 17.1 Å². The molecule has 2 aromatic rings. The van der Waals surface area contributed by atoms with Crippen molar-refractivity contribution in [1.29, 1.82) is 0 Å². The van der Waals surface area contributed by atoms with Crippen molar-refractivity contribution in [2.45, 2.75) is 6.42 Å². The van der Waals surface area contributed by atoms with Gasteiger partial charge in [-0.2, -0.15) is 0 Å². The Morgan fingerprint density at radius 3 is 2.57 bits per heavy atom. The largest absolute Gasteiger partial charge is 0.369 e. The Bertz CT molecular complexity index is 419. The van der Waals surface area contributed by atoms with Gasteiger partial charge in [-0.3, -0.25) is 0 Å². The van der Waals surface area contributed by atoms with Crippen molar-refractivity contribution in [2.24, 2.45) is 0 Å². The normalized spacial score (nSPS) is 10.4. The van der Waals surface area contributed by atoms with Crippen molar-refractivity contribution in [3.8, 4) is 0 Å². The first kappa shape index (κ1) is 9.09. The Morgan fingerprint density at radius 1 is 1.29 bits per heavy atom. The lowest BCUT2D eigenvalue weighted by atomic mass is 10.1. The van der Waals surface area contributed by atoms with Crippen molar-refractivity contribution in [3.63, 3.8) is 0 Å². The van der Waals surface area contributed by atoms with E-state index in [-0.39, 0.29) is 0 Å². The van der Waals surface area contributed by atoms with Gasteiger partial charge in [0.05, 0.1) is 6.20 Å². The van der Waals surface area contributed by atoms with Crippen LogP contribution < -0.4 is 5.73 Å². The molecule has 0 aliphatic rings. The molecule has 0 spiro atoms. The lowest BCUT2D eigenvalue weighted by Gasteiger charge is -1.98. The highest BCUT2D eigenvalue weighted by Crippen LogP contribution is 2.12. The molecule has 4 heteroatoms. The molecule has 0 bridgehead atoms. The molecule has 0 radical (unpaired) electrons. The molecule has 0 atom stereocenters. The number of anilines is 1. The van der Waals surface area contributed by atoms with Gasteiger partial charge in [-0.15, -0.1) is 0 Å². The molecular weight excluding hydrogens is 198 g/mol. The summed E-state index contributed by atoms with van der Waals surface area (Å²) in [6, 6.07) is 7.71. The Hall–Kier alpha value is -1.48. The van der Waals surface area contributed by atoms with Gasteiger partial charge in [-0.05, 0) is 17.7 Å². The first-order valence-electron chi connectivity index (χ1n) is 4.28. The molecular formula is C10H10ClN3. The third-order valence-corrected chi connectivity index (χ3v) is 2.21. The maximum Gasteiger partial charge on any atom is 0.197 e. The maximum absolute atomic E-state index is 5.78. The standard InChI is InChI=1S/C10H10ClN3/c11-8-3-1-7(2-4-8)5-9-6-13-10(12)14-9/h1-4,6H,5H2,(H3,12,13,14). The molecule has 72 valence electrons. The highest BCUT2D eigenvalue weighted by atomic mass is 35.5. The number of nitrogens with one attached hydrogen (secondary N) is 1. The number of imidazole rings is 1. The summed E-state index contributed by atoms with van der Waals surface area (Å²) in [5.41, 5.74) is 7.65. The number of rotatable bonds is 2. The molecule has 3 N–H and O–H groups in total. The predicted molar refractivity (Wildman–Crippen MR) is 57.3 cm³/mol. The number of aromatic amines is 1. The third kappa shape index (κ3) is 2.06. The lowest BCUT2D eigenvalue weighted by molar-refractivity contribution is 1.11. The molecule has 0 saturated heterocycles. The summed E-state index contributed by atoms with van der Waals surface area (Å²) >= 11 is 5.78. The molecule has 1 aromatic heterocycles. The van der Waals surface area contributed by atoms with Gasteiger partial charge in [0.2, 0.25) is 0 Å². The van der Waals surface area contributed by atoms with Crippen molar-refractivity contribution < 1.29 is 0 Å². The number of hydrogen-bond donors (Lipinski definition) is 2. The molecule has 1 heterocycles. The monoisotopic (exact) mass is 207 g/mol. The van der Waals surface area contributed by atoms with Crippen LogP contribution in [0, 0.1) is 0 Å². The summed E-state index contributed by atoms with van der Waals surface area (Å²) in [4.78, 5) is 6.90. The van der Waals surface area contributed by atoms with Crippen LogP contribution in [0.15, 0.2) is 30.5 Å². The van der Waals surface area contributed by atoms with Crippen molar-refractivity contribution in [1.82, 2.24) is 9.97 Å². The van der Waals surface area contributed by atoms with E-state index in [2.05, 4.69) is 9.97 Å². The van der Waals surface area contributed by atoms with Gasteiger partial charge in [0.1, 0.15) is 0 Å². The highest BCUT2D eigenvalue weighted by Gasteiger charge is 1.99. The van der Waals surface area contributed by atoms with Crippen LogP contribution in [0.3, 0.4) is 0 Å².